The largest absolute Gasteiger partial charge is 0.616 e. The zero-order valence-electron chi connectivity index (χ0n) is 10.8. The maximum atomic E-state index is 11.6. The van der Waals surface area contributed by atoms with Crippen LogP contribution in [0.2, 0.25) is 0 Å². The van der Waals surface area contributed by atoms with Gasteiger partial charge in [0, 0.05) is 5.56 Å². The number of pyridine rings is 1. The number of carbonyl (C=O) groups is 1. The third-order valence-corrected chi connectivity index (χ3v) is 2.74. The van der Waals surface area contributed by atoms with Gasteiger partial charge in [0.25, 0.3) is 0 Å². The molecule has 0 unspecified atom stereocenters. The maximum Gasteiger partial charge on any atom is 0.379 e. The molecule has 0 saturated carbocycles. The number of aliphatic carboxylic acids is 1. The van der Waals surface area contributed by atoms with Crippen LogP contribution in [0.5, 0.6) is 5.88 Å². The van der Waals surface area contributed by atoms with E-state index in [1.165, 1.54) is 25.4 Å². The standard InChI is InChI=1S/C15H13NO4/c1-20-14-8-7-11(10-16(14)19)9-13(15(17)18)12-5-3-2-4-6-12/h2-10H,1H3,(H,17,18)/b13-9+. The van der Waals surface area contributed by atoms with Crippen LogP contribution in [0.4, 0.5) is 0 Å². The highest BCUT2D eigenvalue weighted by Crippen LogP contribution is 2.18. The van der Waals surface area contributed by atoms with Crippen molar-refractivity contribution < 1.29 is 19.4 Å². The Hall–Kier alpha value is -2.82. The fraction of sp³-hybridized carbons (Fsp3) is 0.0667. The van der Waals surface area contributed by atoms with Crippen LogP contribution in [-0.2, 0) is 4.79 Å². The van der Waals surface area contributed by atoms with Crippen molar-refractivity contribution in [1.82, 2.24) is 0 Å². The van der Waals surface area contributed by atoms with Gasteiger partial charge in [-0.2, -0.15) is 0 Å². The first-order valence-corrected chi connectivity index (χ1v) is 5.89. The number of methoxy groups -OCH3 is 1. The molecule has 0 fully saturated rings. The summed E-state index contributed by atoms with van der Waals surface area (Å²) in [6.45, 7) is 0. The highest BCUT2D eigenvalue weighted by atomic mass is 16.5. The number of benzene rings is 1. The average Bonchev–Trinajstić information content (AvgIpc) is 2.45. The van der Waals surface area contributed by atoms with Gasteiger partial charge in [0.05, 0.1) is 18.7 Å². The van der Waals surface area contributed by atoms with Crippen LogP contribution >= 0.6 is 0 Å². The van der Waals surface area contributed by atoms with Crippen molar-refractivity contribution in [1.29, 1.82) is 0 Å². The Kier molecular flexibility index (Phi) is 4.00. The molecule has 2 rings (SSSR count). The molecule has 0 radical (unpaired) electrons. The topological polar surface area (TPSA) is 73.5 Å². The van der Waals surface area contributed by atoms with Crippen LogP contribution in [0.3, 0.4) is 0 Å². The lowest BCUT2D eigenvalue weighted by Crippen LogP contribution is -2.28. The first-order valence-electron chi connectivity index (χ1n) is 5.89. The second kappa shape index (κ2) is 5.88. The van der Waals surface area contributed by atoms with Crippen LogP contribution in [0.1, 0.15) is 11.1 Å². The molecular weight excluding hydrogens is 258 g/mol. The third kappa shape index (κ3) is 2.95. The van der Waals surface area contributed by atoms with Crippen molar-refractivity contribution >= 4 is 17.6 Å². The minimum Gasteiger partial charge on any atom is -0.616 e. The molecule has 5 nitrogen and oxygen atoms in total. The molecule has 2 aromatic rings. The van der Waals surface area contributed by atoms with Crippen molar-refractivity contribution in [3.63, 3.8) is 0 Å². The van der Waals surface area contributed by atoms with E-state index < -0.39 is 5.97 Å². The SMILES string of the molecule is COc1ccc(/C=C(/C(=O)O)c2ccccc2)c[n+]1[O-]. The Balaban J connectivity index is 2.45. The Morgan fingerprint density at radius 2 is 1.95 bits per heavy atom. The van der Waals surface area contributed by atoms with Crippen LogP contribution in [0.25, 0.3) is 11.6 Å². The minimum atomic E-state index is -1.05. The van der Waals surface area contributed by atoms with E-state index in [9.17, 15) is 15.1 Å². The molecule has 102 valence electrons. The van der Waals surface area contributed by atoms with E-state index in [0.29, 0.717) is 15.9 Å². The zero-order chi connectivity index (χ0) is 14.5. The average molecular weight is 271 g/mol. The van der Waals surface area contributed by atoms with Crippen molar-refractivity contribution in [2.75, 3.05) is 7.11 Å². The van der Waals surface area contributed by atoms with Gasteiger partial charge < -0.3 is 15.1 Å². The van der Waals surface area contributed by atoms with Crippen LogP contribution in [0, 0.1) is 5.21 Å². The van der Waals surface area contributed by atoms with Crippen molar-refractivity contribution in [3.05, 3.63) is 65.0 Å². The summed E-state index contributed by atoms with van der Waals surface area (Å²) < 4.78 is 5.40. The molecule has 1 aromatic heterocycles. The summed E-state index contributed by atoms with van der Waals surface area (Å²) in [5.41, 5.74) is 1.19. The van der Waals surface area contributed by atoms with Gasteiger partial charge in [-0.1, -0.05) is 30.3 Å². The molecule has 0 bridgehead atoms. The Morgan fingerprint density at radius 3 is 2.50 bits per heavy atom. The van der Waals surface area contributed by atoms with Gasteiger partial charge in [0.2, 0.25) is 0 Å². The zero-order valence-corrected chi connectivity index (χ0v) is 10.8. The lowest BCUT2D eigenvalue weighted by atomic mass is 10.0. The second-order valence-electron chi connectivity index (χ2n) is 4.06. The van der Waals surface area contributed by atoms with Gasteiger partial charge in [-0.15, -0.1) is 4.73 Å². The lowest BCUT2D eigenvalue weighted by Gasteiger charge is -2.05. The van der Waals surface area contributed by atoms with Crippen LogP contribution in [0.15, 0.2) is 48.7 Å². The fourth-order valence-electron chi connectivity index (χ4n) is 1.78. The predicted octanol–water partition coefficient (Wildman–Crippen LogP) is 1.95. The highest BCUT2D eigenvalue weighted by Gasteiger charge is 2.12. The smallest absolute Gasteiger partial charge is 0.379 e. The molecule has 0 amide bonds. The summed E-state index contributed by atoms with van der Waals surface area (Å²) in [7, 11) is 1.39. The number of aromatic nitrogens is 1. The summed E-state index contributed by atoms with van der Waals surface area (Å²) in [6.07, 6.45) is 2.72. The summed E-state index contributed by atoms with van der Waals surface area (Å²) in [6, 6.07) is 11.8. The maximum absolute atomic E-state index is 11.6. The molecule has 20 heavy (non-hydrogen) atoms. The van der Waals surface area contributed by atoms with E-state index in [-0.39, 0.29) is 11.5 Å². The molecule has 0 aliphatic rings. The number of nitrogens with zero attached hydrogens (tertiary/aromatic N) is 1. The number of ether oxygens (including phenoxy) is 1. The molecule has 1 N–H and O–H groups in total. The van der Waals surface area contributed by atoms with Crippen LogP contribution in [-0.4, -0.2) is 18.2 Å². The van der Waals surface area contributed by atoms with Crippen molar-refractivity contribution in [2.24, 2.45) is 0 Å². The number of carboxylic acids is 1. The monoisotopic (exact) mass is 271 g/mol. The number of hydrogen-bond acceptors (Lipinski definition) is 3. The Bertz CT molecular complexity index is 650. The molecule has 0 spiro atoms. The van der Waals surface area contributed by atoms with E-state index in [1.807, 2.05) is 6.07 Å². The molecule has 1 aromatic carbocycles. The van der Waals surface area contributed by atoms with Crippen LogP contribution < -0.4 is 9.47 Å². The molecule has 0 aliphatic carbocycles. The van der Waals surface area contributed by atoms with Gasteiger partial charge in [-0.05, 0) is 17.7 Å². The molecule has 0 saturated heterocycles. The Labute approximate surface area is 116 Å². The van der Waals surface area contributed by atoms with Gasteiger partial charge in [0.1, 0.15) is 0 Å². The fourth-order valence-corrected chi connectivity index (χ4v) is 1.78. The normalized spacial score (nSPS) is 11.2. The molecular formula is C15H13NO4. The van der Waals surface area contributed by atoms with E-state index >= 15 is 0 Å². The van der Waals surface area contributed by atoms with Gasteiger partial charge in [-0.3, -0.25) is 0 Å². The van der Waals surface area contributed by atoms with Gasteiger partial charge in [-0.25, -0.2) is 4.79 Å². The number of carboxylic acid groups (broad SMARTS) is 1. The van der Waals surface area contributed by atoms with E-state index in [4.69, 9.17) is 4.74 Å². The first-order chi connectivity index (χ1) is 9.61. The van der Waals surface area contributed by atoms with Gasteiger partial charge >= 0.3 is 11.8 Å². The highest BCUT2D eigenvalue weighted by molar-refractivity contribution is 6.20. The second-order valence-corrected chi connectivity index (χ2v) is 4.06. The lowest BCUT2D eigenvalue weighted by molar-refractivity contribution is -0.612. The summed E-state index contributed by atoms with van der Waals surface area (Å²) in [4.78, 5) is 11.3. The van der Waals surface area contributed by atoms with Crippen molar-refractivity contribution in [2.45, 2.75) is 0 Å². The molecule has 5 heteroatoms. The van der Waals surface area contributed by atoms with E-state index in [2.05, 4.69) is 0 Å². The third-order valence-electron chi connectivity index (χ3n) is 2.74. The predicted molar refractivity (Wildman–Crippen MR) is 73.9 cm³/mol. The molecule has 0 atom stereocenters. The molecule has 1 heterocycles. The molecule has 0 aliphatic heterocycles. The van der Waals surface area contributed by atoms with E-state index in [1.54, 1.807) is 30.3 Å². The minimum absolute atomic E-state index is 0.121. The quantitative estimate of drug-likeness (QED) is 0.524. The number of rotatable bonds is 4. The summed E-state index contributed by atoms with van der Waals surface area (Å²) >= 11 is 0. The van der Waals surface area contributed by atoms with Gasteiger partial charge in [0.15, 0.2) is 6.20 Å². The van der Waals surface area contributed by atoms with Crippen molar-refractivity contribution in [3.8, 4) is 5.88 Å². The first kappa shape index (κ1) is 13.6. The van der Waals surface area contributed by atoms with E-state index in [0.717, 1.165) is 0 Å². The Morgan fingerprint density at radius 1 is 1.25 bits per heavy atom. The number of hydrogen-bond donors (Lipinski definition) is 1. The summed E-state index contributed by atoms with van der Waals surface area (Å²) in [5.74, 6) is -0.900. The summed E-state index contributed by atoms with van der Waals surface area (Å²) in [5, 5.41) is 20.9.